The summed E-state index contributed by atoms with van der Waals surface area (Å²) in [6.07, 6.45) is 0. The number of hydrogen-bond donors (Lipinski definition) is 1. The van der Waals surface area contributed by atoms with Gasteiger partial charge in [0.1, 0.15) is 0 Å². The number of aryl methyl sites for hydroxylation is 3. The summed E-state index contributed by atoms with van der Waals surface area (Å²) < 4.78 is 0. The fraction of sp³-hybridized carbons (Fsp3) is 0.174. The van der Waals surface area contributed by atoms with Crippen LogP contribution in [0.4, 0.5) is 5.69 Å². The molecule has 0 fully saturated rings. The van der Waals surface area contributed by atoms with E-state index in [1.54, 1.807) is 38.1 Å². The van der Waals surface area contributed by atoms with Gasteiger partial charge < -0.3 is 5.11 Å². The van der Waals surface area contributed by atoms with Gasteiger partial charge in [0.05, 0.1) is 37.2 Å². The third-order valence-electron chi connectivity index (χ3n) is 5.10. The van der Waals surface area contributed by atoms with Crippen molar-refractivity contribution < 1.29 is 14.7 Å². The number of halogens is 2. The quantitative estimate of drug-likeness (QED) is 0.461. The minimum absolute atomic E-state index is 0.00311. The van der Waals surface area contributed by atoms with Crippen molar-refractivity contribution in [3.05, 3.63) is 90.5 Å². The van der Waals surface area contributed by atoms with E-state index in [1.807, 2.05) is 25.1 Å². The van der Waals surface area contributed by atoms with E-state index in [1.165, 1.54) is 16.2 Å². The van der Waals surface area contributed by atoms with E-state index in [-0.39, 0.29) is 5.57 Å². The van der Waals surface area contributed by atoms with Crippen LogP contribution in [0.1, 0.15) is 37.5 Å². The first-order valence-electron chi connectivity index (χ1n) is 9.46. The molecule has 0 radical (unpaired) electrons. The van der Waals surface area contributed by atoms with Crippen molar-refractivity contribution in [2.45, 2.75) is 26.8 Å². The highest BCUT2D eigenvalue weighted by atomic mass is 35.5. The molecule has 8 heteroatoms. The van der Waals surface area contributed by atoms with Crippen molar-refractivity contribution in [2.75, 3.05) is 4.90 Å². The molecule has 0 aliphatic carbocycles. The summed E-state index contributed by atoms with van der Waals surface area (Å²) in [4.78, 5) is 32.8. The second-order valence-corrected chi connectivity index (χ2v) is 9.35. The maximum Gasteiger partial charge on any atom is 0.294 e. The van der Waals surface area contributed by atoms with E-state index >= 15 is 0 Å². The molecular formula is C23H18Cl2N2O3S. The molecule has 1 N–H and O–H groups in total. The molecule has 5 nitrogen and oxygen atoms in total. The highest BCUT2D eigenvalue weighted by Gasteiger charge is 2.45. The predicted molar refractivity (Wildman–Crippen MR) is 123 cm³/mol. The Balaban J connectivity index is 1.93. The van der Waals surface area contributed by atoms with Crippen LogP contribution >= 0.6 is 34.5 Å². The first kappa shape index (κ1) is 21.6. The largest absolute Gasteiger partial charge is 0.503 e. The SMILES string of the molecule is Cc1cccc(N2C(=O)C(O)=C(C(=O)c3sc(C)nc3C)C2c2ccc(Cl)c(Cl)c2)c1. The molecule has 0 spiro atoms. The molecule has 2 aromatic carbocycles. The minimum atomic E-state index is -0.863. The highest BCUT2D eigenvalue weighted by Crippen LogP contribution is 2.43. The molecule has 1 unspecified atom stereocenters. The zero-order chi connectivity index (χ0) is 22.4. The average Bonchev–Trinajstić information content (AvgIpc) is 3.19. The summed E-state index contributed by atoms with van der Waals surface area (Å²) in [5.41, 5.74) is 2.62. The van der Waals surface area contributed by atoms with Gasteiger partial charge in [-0.3, -0.25) is 14.5 Å². The van der Waals surface area contributed by atoms with Gasteiger partial charge in [-0.15, -0.1) is 11.3 Å². The number of carbonyl (C=O) groups is 2. The Kier molecular flexibility index (Phi) is 5.64. The van der Waals surface area contributed by atoms with Crippen LogP contribution in [-0.2, 0) is 4.79 Å². The number of Topliss-reactive ketones (excluding diaryl/α,β-unsaturated/α-hetero) is 1. The minimum Gasteiger partial charge on any atom is -0.503 e. The molecule has 1 amide bonds. The lowest BCUT2D eigenvalue weighted by Crippen LogP contribution is -2.31. The molecular weight excluding hydrogens is 455 g/mol. The number of hydrogen-bond acceptors (Lipinski definition) is 5. The van der Waals surface area contributed by atoms with Gasteiger partial charge in [0, 0.05) is 5.69 Å². The Labute approximate surface area is 193 Å². The standard InChI is InChI=1S/C23H18Cl2N2O3S/c1-11-5-4-6-15(9-11)27-19(14-7-8-16(24)17(25)10-14)18(21(29)23(27)30)20(28)22-12(2)26-13(3)31-22/h4-10,19,29H,1-3H3. The summed E-state index contributed by atoms with van der Waals surface area (Å²) in [7, 11) is 0. The summed E-state index contributed by atoms with van der Waals surface area (Å²) in [5, 5.41) is 12.2. The first-order chi connectivity index (χ1) is 14.7. The van der Waals surface area contributed by atoms with Crippen LogP contribution in [0.5, 0.6) is 0 Å². The van der Waals surface area contributed by atoms with Crippen LogP contribution in [0.15, 0.2) is 53.8 Å². The van der Waals surface area contributed by atoms with Crippen LogP contribution in [0, 0.1) is 20.8 Å². The van der Waals surface area contributed by atoms with Crippen LogP contribution in [-0.4, -0.2) is 21.8 Å². The van der Waals surface area contributed by atoms with Gasteiger partial charge in [-0.2, -0.15) is 0 Å². The number of aliphatic hydroxyl groups excluding tert-OH is 1. The average molecular weight is 473 g/mol. The summed E-state index contributed by atoms with van der Waals surface area (Å²) in [5.74, 6) is -1.66. The van der Waals surface area contributed by atoms with Gasteiger partial charge in [0.2, 0.25) is 5.78 Å². The van der Waals surface area contributed by atoms with Gasteiger partial charge in [-0.05, 0) is 56.2 Å². The number of ketones is 1. The van der Waals surface area contributed by atoms with E-state index in [0.717, 1.165) is 10.6 Å². The number of carbonyl (C=O) groups excluding carboxylic acids is 2. The molecule has 1 aromatic heterocycles. The molecule has 0 saturated carbocycles. The number of thiazole rings is 1. The Morgan fingerprint density at radius 1 is 1.10 bits per heavy atom. The van der Waals surface area contributed by atoms with Crippen LogP contribution < -0.4 is 4.90 Å². The van der Waals surface area contributed by atoms with Crippen LogP contribution in [0.2, 0.25) is 10.0 Å². The lowest BCUT2D eigenvalue weighted by molar-refractivity contribution is -0.117. The maximum atomic E-state index is 13.5. The summed E-state index contributed by atoms with van der Waals surface area (Å²) >= 11 is 13.6. The Bertz CT molecular complexity index is 1270. The Morgan fingerprint density at radius 2 is 1.84 bits per heavy atom. The number of nitrogens with zero attached hydrogens (tertiary/aromatic N) is 2. The van der Waals surface area contributed by atoms with E-state index in [9.17, 15) is 14.7 Å². The molecule has 1 atom stereocenters. The second-order valence-electron chi connectivity index (χ2n) is 7.33. The molecule has 1 aliphatic rings. The molecule has 0 bridgehead atoms. The molecule has 4 rings (SSSR count). The highest BCUT2D eigenvalue weighted by molar-refractivity contribution is 7.14. The smallest absolute Gasteiger partial charge is 0.294 e. The Hall–Kier alpha value is -2.67. The molecule has 1 aliphatic heterocycles. The van der Waals surface area contributed by atoms with E-state index < -0.39 is 23.5 Å². The summed E-state index contributed by atoms with van der Waals surface area (Å²) in [6, 6.07) is 11.4. The monoisotopic (exact) mass is 472 g/mol. The van der Waals surface area contributed by atoms with Crippen molar-refractivity contribution in [3.63, 3.8) is 0 Å². The van der Waals surface area contributed by atoms with Crippen LogP contribution in [0.3, 0.4) is 0 Å². The lowest BCUT2D eigenvalue weighted by Gasteiger charge is -2.27. The zero-order valence-corrected chi connectivity index (χ0v) is 19.3. The molecule has 158 valence electrons. The third-order valence-corrected chi connectivity index (χ3v) is 6.91. The van der Waals surface area contributed by atoms with Crippen molar-refractivity contribution in [1.29, 1.82) is 0 Å². The predicted octanol–water partition coefficient (Wildman–Crippen LogP) is 6.16. The van der Waals surface area contributed by atoms with Crippen molar-refractivity contribution in [3.8, 4) is 0 Å². The number of aromatic nitrogens is 1. The van der Waals surface area contributed by atoms with Gasteiger partial charge in [0.15, 0.2) is 5.76 Å². The van der Waals surface area contributed by atoms with Crippen molar-refractivity contribution in [1.82, 2.24) is 4.98 Å². The molecule has 2 heterocycles. The Morgan fingerprint density at radius 3 is 2.45 bits per heavy atom. The number of benzene rings is 2. The maximum absolute atomic E-state index is 13.5. The van der Waals surface area contributed by atoms with Crippen molar-refractivity contribution in [2.24, 2.45) is 0 Å². The number of aliphatic hydroxyl groups is 1. The fourth-order valence-corrected chi connectivity index (χ4v) is 4.92. The van der Waals surface area contributed by atoms with E-state index in [2.05, 4.69) is 4.98 Å². The third kappa shape index (κ3) is 3.76. The summed E-state index contributed by atoms with van der Waals surface area (Å²) in [6.45, 7) is 5.44. The molecule has 0 saturated heterocycles. The fourth-order valence-electron chi connectivity index (χ4n) is 3.74. The second kappa shape index (κ2) is 8.11. The van der Waals surface area contributed by atoms with Crippen molar-refractivity contribution >= 4 is 51.9 Å². The van der Waals surface area contributed by atoms with Crippen LogP contribution in [0.25, 0.3) is 0 Å². The topological polar surface area (TPSA) is 70.5 Å². The van der Waals surface area contributed by atoms with Gasteiger partial charge >= 0.3 is 0 Å². The number of rotatable bonds is 4. The van der Waals surface area contributed by atoms with E-state index in [0.29, 0.717) is 31.9 Å². The van der Waals surface area contributed by atoms with Gasteiger partial charge in [-0.1, -0.05) is 41.4 Å². The van der Waals surface area contributed by atoms with E-state index in [4.69, 9.17) is 23.2 Å². The number of anilines is 1. The molecule has 3 aromatic rings. The first-order valence-corrected chi connectivity index (χ1v) is 11.0. The zero-order valence-electron chi connectivity index (χ0n) is 16.9. The van der Waals surface area contributed by atoms with Gasteiger partial charge in [0.25, 0.3) is 5.91 Å². The van der Waals surface area contributed by atoms with Gasteiger partial charge in [-0.25, -0.2) is 4.98 Å². The lowest BCUT2D eigenvalue weighted by atomic mass is 9.94. The molecule has 31 heavy (non-hydrogen) atoms. The number of amides is 1. The normalized spacial score (nSPS) is 16.4.